The summed E-state index contributed by atoms with van der Waals surface area (Å²) in [6.07, 6.45) is 2.62. The van der Waals surface area contributed by atoms with Crippen molar-refractivity contribution in [2.75, 3.05) is 30.4 Å². The van der Waals surface area contributed by atoms with Crippen LogP contribution in [0.1, 0.15) is 12.0 Å². The summed E-state index contributed by atoms with van der Waals surface area (Å²) in [6, 6.07) is 9.48. The summed E-state index contributed by atoms with van der Waals surface area (Å²) in [5, 5.41) is 12.9. The molecule has 3 rings (SSSR count). The van der Waals surface area contributed by atoms with Crippen molar-refractivity contribution in [2.24, 2.45) is 0 Å². The van der Waals surface area contributed by atoms with E-state index in [1.54, 1.807) is 25.4 Å². The second kappa shape index (κ2) is 6.71. The molecule has 1 saturated heterocycles. The van der Waals surface area contributed by atoms with Crippen LogP contribution in [-0.2, 0) is 0 Å². The van der Waals surface area contributed by atoms with E-state index in [0.29, 0.717) is 22.4 Å². The summed E-state index contributed by atoms with van der Waals surface area (Å²) < 4.78 is 5.10. The SMILES string of the molecule is COc1ccnc(NC2CCN(c3cc(Cl)cc(C#N)c3)C2)n1. The van der Waals surface area contributed by atoms with Gasteiger partial charge < -0.3 is 15.0 Å². The van der Waals surface area contributed by atoms with Gasteiger partial charge in [-0.15, -0.1) is 0 Å². The fourth-order valence-corrected chi connectivity index (χ4v) is 2.87. The molecule has 0 aliphatic carbocycles. The van der Waals surface area contributed by atoms with Gasteiger partial charge >= 0.3 is 0 Å². The second-order valence-electron chi connectivity index (χ2n) is 5.31. The molecule has 7 heteroatoms. The molecule has 1 aliphatic heterocycles. The molecule has 0 amide bonds. The van der Waals surface area contributed by atoms with Crippen molar-refractivity contribution in [3.8, 4) is 11.9 Å². The average molecular weight is 330 g/mol. The standard InChI is InChI=1S/C16H16ClN5O/c1-23-15-2-4-19-16(21-15)20-13-3-5-22(10-13)14-7-11(9-18)6-12(17)8-14/h2,4,6-8,13H,3,5,10H2,1H3,(H,19,20,21). The summed E-state index contributed by atoms with van der Waals surface area (Å²) in [5.41, 5.74) is 1.53. The first-order chi connectivity index (χ1) is 11.2. The van der Waals surface area contributed by atoms with Gasteiger partial charge in [0.1, 0.15) is 0 Å². The fraction of sp³-hybridized carbons (Fsp3) is 0.312. The van der Waals surface area contributed by atoms with Crippen LogP contribution in [0, 0.1) is 11.3 Å². The Kier molecular flexibility index (Phi) is 4.49. The molecule has 1 atom stereocenters. The zero-order valence-electron chi connectivity index (χ0n) is 12.7. The van der Waals surface area contributed by atoms with E-state index in [-0.39, 0.29) is 6.04 Å². The van der Waals surface area contributed by atoms with Crippen LogP contribution in [0.4, 0.5) is 11.6 Å². The van der Waals surface area contributed by atoms with Gasteiger partial charge in [0.15, 0.2) is 0 Å². The zero-order chi connectivity index (χ0) is 16.2. The van der Waals surface area contributed by atoms with Crippen LogP contribution < -0.4 is 15.0 Å². The number of anilines is 2. The number of aromatic nitrogens is 2. The lowest BCUT2D eigenvalue weighted by Gasteiger charge is -2.19. The fourth-order valence-electron chi connectivity index (χ4n) is 2.64. The lowest BCUT2D eigenvalue weighted by molar-refractivity contribution is 0.397. The Bertz CT molecular complexity index is 745. The third kappa shape index (κ3) is 3.63. The van der Waals surface area contributed by atoms with E-state index >= 15 is 0 Å². The number of ether oxygens (including phenoxy) is 1. The van der Waals surface area contributed by atoms with Crippen molar-refractivity contribution in [1.82, 2.24) is 9.97 Å². The van der Waals surface area contributed by atoms with E-state index < -0.39 is 0 Å². The van der Waals surface area contributed by atoms with Gasteiger partial charge in [-0.3, -0.25) is 0 Å². The van der Waals surface area contributed by atoms with Crippen LogP contribution in [0.15, 0.2) is 30.5 Å². The number of hydrogen-bond acceptors (Lipinski definition) is 6. The molecule has 1 aliphatic rings. The Balaban J connectivity index is 1.69. The van der Waals surface area contributed by atoms with Gasteiger partial charge in [0.05, 0.1) is 18.7 Å². The highest BCUT2D eigenvalue weighted by Gasteiger charge is 2.23. The Morgan fingerprint density at radius 3 is 3.09 bits per heavy atom. The molecule has 1 N–H and O–H groups in total. The van der Waals surface area contributed by atoms with Crippen LogP contribution in [-0.4, -0.2) is 36.2 Å². The third-order valence-corrected chi connectivity index (χ3v) is 3.96. The number of halogens is 1. The van der Waals surface area contributed by atoms with Crippen molar-refractivity contribution in [1.29, 1.82) is 5.26 Å². The lowest BCUT2D eigenvalue weighted by Crippen LogP contribution is -2.26. The summed E-state index contributed by atoms with van der Waals surface area (Å²) in [4.78, 5) is 10.7. The largest absolute Gasteiger partial charge is 0.481 e. The van der Waals surface area contributed by atoms with E-state index in [0.717, 1.165) is 25.2 Å². The minimum absolute atomic E-state index is 0.228. The number of nitriles is 1. The number of rotatable bonds is 4. The number of hydrogen-bond donors (Lipinski definition) is 1. The molecule has 1 unspecified atom stereocenters. The summed E-state index contributed by atoms with van der Waals surface area (Å²) in [5.74, 6) is 1.09. The van der Waals surface area contributed by atoms with Gasteiger partial charge in [0, 0.05) is 42.1 Å². The molecule has 1 aromatic heterocycles. The van der Waals surface area contributed by atoms with E-state index in [1.807, 2.05) is 12.1 Å². The molecule has 1 fully saturated rings. The monoisotopic (exact) mass is 329 g/mol. The van der Waals surface area contributed by atoms with Crippen molar-refractivity contribution >= 4 is 23.2 Å². The van der Waals surface area contributed by atoms with Gasteiger partial charge in [0.25, 0.3) is 0 Å². The number of methoxy groups -OCH3 is 1. The Morgan fingerprint density at radius 2 is 2.30 bits per heavy atom. The maximum atomic E-state index is 9.06. The minimum atomic E-state index is 0.228. The normalized spacial score (nSPS) is 16.9. The Hall–Kier alpha value is -2.52. The summed E-state index contributed by atoms with van der Waals surface area (Å²) >= 11 is 6.08. The molecule has 2 aromatic rings. The predicted molar refractivity (Wildman–Crippen MR) is 89.0 cm³/mol. The van der Waals surface area contributed by atoms with Gasteiger partial charge in [-0.2, -0.15) is 10.2 Å². The third-order valence-electron chi connectivity index (χ3n) is 3.74. The first-order valence-electron chi connectivity index (χ1n) is 7.27. The molecular weight excluding hydrogens is 314 g/mol. The van der Waals surface area contributed by atoms with Crippen LogP contribution in [0.3, 0.4) is 0 Å². The maximum absolute atomic E-state index is 9.06. The first kappa shape index (κ1) is 15.4. The average Bonchev–Trinajstić information content (AvgIpc) is 3.03. The molecule has 0 bridgehead atoms. The number of nitrogens with one attached hydrogen (secondary N) is 1. The predicted octanol–water partition coefficient (Wildman–Crippen LogP) is 2.70. The van der Waals surface area contributed by atoms with E-state index in [9.17, 15) is 0 Å². The molecule has 0 radical (unpaired) electrons. The summed E-state index contributed by atoms with van der Waals surface area (Å²) in [7, 11) is 1.58. The molecule has 2 heterocycles. The van der Waals surface area contributed by atoms with Gasteiger partial charge in [-0.25, -0.2) is 4.98 Å². The topological polar surface area (TPSA) is 74.1 Å². The minimum Gasteiger partial charge on any atom is -0.481 e. The highest BCUT2D eigenvalue weighted by molar-refractivity contribution is 6.31. The molecule has 118 valence electrons. The van der Waals surface area contributed by atoms with Gasteiger partial charge in [0.2, 0.25) is 11.8 Å². The van der Waals surface area contributed by atoms with Crippen molar-refractivity contribution in [2.45, 2.75) is 12.5 Å². The van der Waals surface area contributed by atoms with Crippen LogP contribution in [0.2, 0.25) is 5.02 Å². The van der Waals surface area contributed by atoms with Gasteiger partial charge in [-0.05, 0) is 24.6 Å². The highest BCUT2D eigenvalue weighted by atomic mass is 35.5. The molecule has 23 heavy (non-hydrogen) atoms. The molecule has 0 saturated carbocycles. The molecule has 1 aromatic carbocycles. The Morgan fingerprint density at radius 1 is 1.43 bits per heavy atom. The van der Waals surface area contributed by atoms with Crippen molar-refractivity contribution < 1.29 is 4.74 Å². The zero-order valence-corrected chi connectivity index (χ0v) is 13.4. The maximum Gasteiger partial charge on any atom is 0.226 e. The van der Waals surface area contributed by atoms with Gasteiger partial charge in [-0.1, -0.05) is 11.6 Å². The van der Waals surface area contributed by atoms with E-state index in [4.69, 9.17) is 21.6 Å². The van der Waals surface area contributed by atoms with Crippen LogP contribution >= 0.6 is 11.6 Å². The van der Waals surface area contributed by atoms with E-state index in [1.165, 1.54) is 0 Å². The van der Waals surface area contributed by atoms with Crippen molar-refractivity contribution in [3.63, 3.8) is 0 Å². The Labute approximate surface area is 139 Å². The molecule has 6 nitrogen and oxygen atoms in total. The smallest absolute Gasteiger partial charge is 0.226 e. The highest BCUT2D eigenvalue weighted by Crippen LogP contribution is 2.26. The lowest BCUT2D eigenvalue weighted by atomic mass is 10.2. The summed E-state index contributed by atoms with van der Waals surface area (Å²) in [6.45, 7) is 1.68. The van der Waals surface area contributed by atoms with Crippen LogP contribution in [0.5, 0.6) is 5.88 Å². The van der Waals surface area contributed by atoms with Crippen LogP contribution in [0.25, 0.3) is 0 Å². The van der Waals surface area contributed by atoms with Crippen molar-refractivity contribution in [3.05, 3.63) is 41.0 Å². The number of nitrogens with zero attached hydrogens (tertiary/aromatic N) is 4. The molecular formula is C16H16ClN5O. The number of benzene rings is 1. The first-order valence-corrected chi connectivity index (χ1v) is 7.65. The van der Waals surface area contributed by atoms with E-state index in [2.05, 4.69) is 26.3 Å². The second-order valence-corrected chi connectivity index (χ2v) is 5.74. The molecule has 0 spiro atoms. The quantitative estimate of drug-likeness (QED) is 0.929.